The maximum Gasteiger partial charge on any atom is 0.273 e. The lowest BCUT2D eigenvalue weighted by Crippen LogP contribution is -2.16. The highest BCUT2D eigenvalue weighted by Crippen LogP contribution is 2.10. The van der Waals surface area contributed by atoms with Crippen LogP contribution in [0.5, 0.6) is 0 Å². The van der Waals surface area contributed by atoms with E-state index < -0.39 is 0 Å². The molecule has 2 N–H and O–H groups in total. The molecule has 1 amide bonds. The molecule has 0 unspecified atom stereocenters. The number of amides is 1. The van der Waals surface area contributed by atoms with Gasteiger partial charge in [0.15, 0.2) is 5.82 Å². The minimum Gasteiger partial charge on any atom is -0.344 e. The van der Waals surface area contributed by atoms with Gasteiger partial charge in [0.25, 0.3) is 5.91 Å². The van der Waals surface area contributed by atoms with E-state index in [4.69, 9.17) is 0 Å². The first-order valence-corrected chi connectivity index (χ1v) is 5.59. The van der Waals surface area contributed by atoms with Crippen LogP contribution in [-0.2, 0) is 13.5 Å². The van der Waals surface area contributed by atoms with Crippen molar-refractivity contribution in [2.75, 3.05) is 5.32 Å². The first-order chi connectivity index (χ1) is 8.11. The molecule has 17 heavy (non-hydrogen) atoms. The molecule has 5 heteroatoms. The van der Waals surface area contributed by atoms with E-state index in [1.165, 1.54) is 0 Å². The Bertz CT molecular complexity index is 538. The van der Waals surface area contributed by atoms with Crippen molar-refractivity contribution in [3.63, 3.8) is 0 Å². The third-order valence-corrected chi connectivity index (χ3v) is 2.86. The predicted molar refractivity (Wildman–Crippen MR) is 66.1 cm³/mol. The topological polar surface area (TPSA) is 62.7 Å². The van der Waals surface area contributed by atoms with Gasteiger partial charge in [-0.1, -0.05) is 6.92 Å². The van der Waals surface area contributed by atoms with Crippen molar-refractivity contribution in [1.29, 1.82) is 0 Å². The first kappa shape index (κ1) is 11.4. The summed E-state index contributed by atoms with van der Waals surface area (Å²) in [5.74, 6) is 0.417. The van der Waals surface area contributed by atoms with Crippen LogP contribution in [0.15, 0.2) is 18.2 Å². The molecule has 0 aromatic carbocycles. The summed E-state index contributed by atoms with van der Waals surface area (Å²) in [5.41, 5.74) is 2.68. The predicted octanol–water partition coefficient (Wildman–Crippen LogP) is 1.87. The summed E-state index contributed by atoms with van der Waals surface area (Å²) in [7, 11) is 1.87. The summed E-state index contributed by atoms with van der Waals surface area (Å²) >= 11 is 0. The molecular formula is C12H16N4O. The highest BCUT2D eigenvalue weighted by Gasteiger charge is 2.12. The van der Waals surface area contributed by atoms with Crippen molar-refractivity contribution in [2.24, 2.45) is 7.05 Å². The van der Waals surface area contributed by atoms with Crippen LogP contribution >= 0.6 is 0 Å². The molecular weight excluding hydrogens is 216 g/mol. The number of nitrogens with zero attached hydrogens (tertiary/aromatic N) is 2. The second-order valence-electron chi connectivity index (χ2n) is 4.01. The van der Waals surface area contributed by atoms with Crippen molar-refractivity contribution in [3.8, 4) is 0 Å². The van der Waals surface area contributed by atoms with Crippen LogP contribution < -0.4 is 5.32 Å². The summed E-state index contributed by atoms with van der Waals surface area (Å²) in [6.45, 7) is 3.99. The van der Waals surface area contributed by atoms with Crippen molar-refractivity contribution in [1.82, 2.24) is 14.8 Å². The van der Waals surface area contributed by atoms with Crippen molar-refractivity contribution in [3.05, 3.63) is 35.3 Å². The van der Waals surface area contributed by atoms with Gasteiger partial charge >= 0.3 is 0 Å². The monoisotopic (exact) mass is 232 g/mol. The lowest BCUT2D eigenvalue weighted by Gasteiger charge is -2.04. The van der Waals surface area contributed by atoms with Crippen molar-refractivity contribution < 1.29 is 4.79 Å². The number of H-pyrrole nitrogens is 1. The van der Waals surface area contributed by atoms with Crippen LogP contribution in [0.2, 0.25) is 0 Å². The van der Waals surface area contributed by atoms with E-state index in [1.54, 1.807) is 6.07 Å². The number of hydrogen-bond acceptors (Lipinski definition) is 2. The van der Waals surface area contributed by atoms with Gasteiger partial charge in [-0.25, -0.2) is 0 Å². The second kappa shape index (κ2) is 4.45. The molecule has 2 aromatic rings. The average molecular weight is 232 g/mol. The van der Waals surface area contributed by atoms with E-state index >= 15 is 0 Å². The third-order valence-electron chi connectivity index (χ3n) is 2.86. The van der Waals surface area contributed by atoms with Gasteiger partial charge in [0, 0.05) is 24.5 Å². The van der Waals surface area contributed by atoms with Crippen LogP contribution in [0.4, 0.5) is 5.82 Å². The number of nitrogens with one attached hydrogen (secondary N) is 2. The first-order valence-electron chi connectivity index (χ1n) is 5.59. The number of carbonyl (C=O) groups is 1. The largest absolute Gasteiger partial charge is 0.344 e. The van der Waals surface area contributed by atoms with Crippen molar-refractivity contribution in [2.45, 2.75) is 20.3 Å². The zero-order valence-electron chi connectivity index (χ0n) is 10.2. The minimum atomic E-state index is -0.144. The molecule has 0 aliphatic carbocycles. The smallest absolute Gasteiger partial charge is 0.273 e. The molecule has 0 atom stereocenters. The molecule has 0 radical (unpaired) electrons. The van der Waals surface area contributed by atoms with Gasteiger partial charge in [0.1, 0.15) is 5.69 Å². The summed E-state index contributed by atoms with van der Waals surface area (Å²) in [6.07, 6.45) is 0.867. The normalized spacial score (nSPS) is 10.5. The number of carbonyl (C=O) groups excluding carboxylic acids is 1. The van der Waals surface area contributed by atoms with Gasteiger partial charge in [0.05, 0.1) is 0 Å². The molecule has 0 aliphatic rings. The molecule has 0 fully saturated rings. The van der Waals surface area contributed by atoms with Gasteiger partial charge in [-0.2, -0.15) is 5.10 Å². The number of aryl methyl sites for hydroxylation is 2. The molecule has 2 rings (SSSR count). The highest BCUT2D eigenvalue weighted by atomic mass is 16.2. The van der Waals surface area contributed by atoms with Crippen LogP contribution in [-0.4, -0.2) is 20.7 Å². The number of aromatic amines is 1. The molecule has 0 aliphatic heterocycles. The van der Waals surface area contributed by atoms with Gasteiger partial charge in [0.2, 0.25) is 0 Å². The summed E-state index contributed by atoms with van der Waals surface area (Å²) in [4.78, 5) is 12.0. The quantitative estimate of drug-likeness (QED) is 0.848. The zero-order valence-corrected chi connectivity index (χ0v) is 10.2. The number of rotatable bonds is 3. The zero-order chi connectivity index (χ0) is 12.4. The Kier molecular flexibility index (Phi) is 2.99. The third kappa shape index (κ3) is 2.22. The van der Waals surface area contributed by atoms with Crippen LogP contribution in [0.25, 0.3) is 0 Å². The Morgan fingerprint density at radius 2 is 2.29 bits per heavy atom. The Hall–Kier alpha value is -2.04. The van der Waals surface area contributed by atoms with E-state index in [1.807, 2.05) is 37.6 Å². The van der Waals surface area contributed by atoms with Gasteiger partial charge in [-0.05, 0) is 25.5 Å². The van der Waals surface area contributed by atoms with Crippen LogP contribution in [0, 0.1) is 6.92 Å². The molecule has 90 valence electrons. The Balaban J connectivity index is 2.14. The minimum absolute atomic E-state index is 0.144. The number of anilines is 1. The lowest BCUT2D eigenvalue weighted by molar-refractivity contribution is 0.101. The van der Waals surface area contributed by atoms with Crippen LogP contribution in [0.3, 0.4) is 0 Å². The molecule has 0 saturated carbocycles. The van der Waals surface area contributed by atoms with E-state index in [0.717, 1.165) is 17.8 Å². The van der Waals surface area contributed by atoms with E-state index in [0.29, 0.717) is 11.5 Å². The summed E-state index contributed by atoms with van der Waals surface area (Å²) in [5, 5.41) is 9.65. The lowest BCUT2D eigenvalue weighted by atomic mass is 10.3. The van der Waals surface area contributed by atoms with Crippen molar-refractivity contribution >= 4 is 11.7 Å². The molecule has 2 heterocycles. The van der Waals surface area contributed by atoms with E-state index in [-0.39, 0.29) is 5.91 Å². The fourth-order valence-corrected chi connectivity index (χ4v) is 1.63. The Morgan fingerprint density at radius 3 is 2.82 bits per heavy atom. The maximum absolute atomic E-state index is 12.0. The Labute approximate surface area is 99.8 Å². The Morgan fingerprint density at radius 1 is 1.53 bits per heavy atom. The highest BCUT2D eigenvalue weighted by molar-refractivity contribution is 6.02. The average Bonchev–Trinajstić information content (AvgIpc) is 2.88. The summed E-state index contributed by atoms with van der Waals surface area (Å²) < 4.78 is 1.85. The second-order valence-corrected chi connectivity index (χ2v) is 4.01. The molecule has 0 saturated heterocycles. The number of hydrogen-bond donors (Lipinski definition) is 2. The van der Waals surface area contributed by atoms with Gasteiger partial charge in [-0.15, -0.1) is 0 Å². The SMILES string of the molecule is CCc1cc(NC(=O)c2ccc(C)n2C)n[nH]1. The standard InChI is InChI=1S/C12H16N4O/c1-4-9-7-11(15-14-9)13-12(17)10-6-5-8(2)16(10)3/h5-7H,4H2,1-3H3,(H2,13,14,15,17). The maximum atomic E-state index is 12.0. The van der Waals surface area contributed by atoms with Crippen LogP contribution in [0.1, 0.15) is 28.8 Å². The van der Waals surface area contributed by atoms with E-state index in [9.17, 15) is 4.79 Å². The molecule has 0 bridgehead atoms. The fraction of sp³-hybridized carbons (Fsp3) is 0.333. The van der Waals surface area contributed by atoms with Gasteiger partial charge in [-0.3, -0.25) is 9.89 Å². The number of aromatic nitrogens is 3. The fourth-order valence-electron chi connectivity index (χ4n) is 1.63. The summed E-state index contributed by atoms with van der Waals surface area (Å²) in [6, 6.07) is 5.56. The molecule has 0 spiro atoms. The molecule has 5 nitrogen and oxygen atoms in total. The van der Waals surface area contributed by atoms with E-state index in [2.05, 4.69) is 15.5 Å². The van der Waals surface area contributed by atoms with Gasteiger partial charge < -0.3 is 9.88 Å². The molecule has 2 aromatic heterocycles.